The summed E-state index contributed by atoms with van der Waals surface area (Å²) < 4.78 is 44.2. The molecule has 0 saturated heterocycles. The lowest BCUT2D eigenvalue weighted by molar-refractivity contribution is -0.141. The standard InChI is InChI=1S/C26H20F3N5O2/c27-26(28,29)24-21-10-12-33(19-8-6-18(7-9-19)32-11-2-1-3-22(32)35)25(36)23(21)34(31-24)20-5-4-16-14-30-15-17(16)13-20/h1-9,11,13,30H,10,12,14-15H2. The van der Waals surface area contributed by atoms with Gasteiger partial charge in [-0.2, -0.15) is 18.3 Å². The molecule has 0 aliphatic carbocycles. The number of halogens is 3. The van der Waals surface area contributed by atoms with Crippen LogP contribution in [0, 0.1) is 0 Å². The number of alkyl halides is 3. The average Bonchev–Trinajstić information content (AvgIpc) is 3.49. The monoisotopic (exact) mass is 491 g/mol. The van der Waals surface area contributed by atoms with Gasteiger partial charge in [-0.15, -0.1) is 0 Å². The van der Waals surface area contributed by atoms with Crippen LogP contribution in [0.1, 0.15) is 32.9 Å². The van der Waals surface area contributed by atoms with E-state index < -0.39 is 17.8 Å². The van der Waals surface area contributed by atoms with Crippen molar-refractivity contribution in [3.63, 3.8) is 0 Å². The van der Waals surface area contributed by atoms with Crippen LogP contribution in [-0.4, -0.2) is 26.8 Å². The first-order valence-electron chi connectivity index (χ1n) is 11.4. The molecule has 1 N–H and O–H groups in total. The second-order valence-electron chi connectivity index (χ2n) is 8.77. The lowest BCUT2D eigenvalue weighted by Gasteiger charge is -2.28. The van der Waals surface area contributed by atoms with Gasteiger partial charge in [0.05, 0.1) is 5.69 Å². The fraction of sp³-hybridized carbons (Fsp3) is 0.192. The fourth-order valence-electron chi connectivity index (χ4n) is 4.87. The summed E-state index contributed by atoms with van der Waals surface area (Å²) in [5.74, 6) is -0.553. The molecular formula is C26H20F3N5O2. The lowest BCUT2D eigenvalue weighted by Crippen LogP contribution is -2.39. The van der Waals surface area contributed by atoms with Gasteiger partial charge in [-0.25, -0.2) is 4.68 Å². The van der Waals surface area contributed by atoms with Crippen molar-refractivity contribution in [2.45, 2.75) is 25.7 Å². The third-order valence-electron chi connectivity index (χ3n) is 6.61. The summed E-state index contributed by atoms with van der Waals surface area (Å²) in [6, 6.07) is 16.9. The van der Waals surface area contributed by atoms with Crippen LogP contribution < -0.4 is 15.8 Å². The van der Waals surface area contributed by atoms with Gasteiger partial charge in [0.25, 0.3) is 11.5 Å². The Morgan fingerprint density at radius 3 is 2.33 bits per heavy atom. The summed E-state index contributed by atoms with van der Waals surface area (Å²) in [5, 5.41) is 7.10. The molecule has 182 valence electrons. The minimum absolute atomic E-state index is 0.0162. The van der Waals surface area contributed by atoms with Gasteiger partial charge in [-0.05, 0) is 60.0 Å². The molecule has 6 rings (SSSR count). The van der Waals surface area contributed by atoms with Crippen molar-refractivity contribution in [1.29, 1.82) is 0 Å². The molecule has 0 radical (unpaired) electrons. The molecule has 0 atom stereocenters. The number of aromatic nitrogens is 3. The maximum Gasteiger partial charge on any atom is 0.435 e. The molecular weight excluding hydrogens is 471 g/mol. The highest BCUT2D eigenvalue weighted by atomic mass is 19.4. The molecule has 7 nitrogen and oxygen atoms in total. The van der Waals surface area contributed by atoms with Crippen molar-refractivity contribution in [1.82, 2.24) is 19.7 Å². The highest BCUT2D eigenvalue weighted by Gasteiger charge is 2.43. The maximum absolute atomic E-state index is 13.9. The number of rotatable bonds is 3. The Kier molecular flexibility index (Phi) is 5.08. The zero-order valence-electron chi connectivity index (χ0n) is 18.9. The smallest absolute Gasteiger partial charge is 0.309 e. The van der Waals surface area contributed by atoms with E-state index >= 15 is 0 Å². The molecule has 36 heavy (non-hydrogen) atoms. The summed E-state index contributed by atoms with van der Waals surface area (Å²) >= 11 is 0. The lowest BCUT2D eigenvalue weighted by atomic mass is 10.0. The highest BCUT2D eigenvalue weighted by Crippen LogP contribution is 2.37. The number of carbonyl (C=O) groups is 1. The van der Waals surface area contributed by atoms with Crippen molar-refractivity contribution < 1.29 is 18.0 Å². The largest absolute Gasteiger partial charge is 0.435 e. The quantitative estimate of drug-likeness (QED) is 0.473. The van der Waals surface area contributed by atoms with Crippen LogP contribution in [0.2, 0.25) is 0 Å². The van der Waals surface area contributed by atoms with E-state index in [0.717, 1.165) is 15.8 Å². The Labute approximate surface area is 203 Å². The van der Waals surface area contributed by atoms with Gasteiger partial charge in [0, 0.05) is 48.8 Å². The summed E-state index contributed by atoms with van der Waals surface area (Å²) in [6.07, 6.45) is -3.03. The third-order valence-corrected chi connectivity index (χ3v) is 6.61. The highest BCUT2D eigenvalue weighted by molar-refractivity contribution is 6.07. The Morgan fingerprint density at radius 1 is 0.861 bits per heavy atom. The zero-order valence-corrected chi connectivity index (χ0v) is 18.9. The molecule has 2 aliphatic rings. The minimum Gasteiger partial charge on any atom is -0.309 e. The van der Waals surface area contributed by atoms with Crippen LogP contribution in [0.25, 0.3) is 11.4 Å². The molecule has 0 bridgehead atoms. The minimum atomic E-state index is -4.68. The van der Waals surface area contributed by atoms with E-state index in [1.54, 1.807) is 54.7 Å². The first-order chi connectivity index (χ1) is 17.3. The topological polar surface area (TPSA) is 72.2 Å². The van der Waals surface area contributed by atoms with Crippen molar-refractivity contribution in [2.75, 3.05) is 11.4 Å². The van der Waals surface area contributed by atoms with Crippen molar-refractivity contribution in [3.8, 4) is 11.4 Å². The summed E-state index contributed by atoms with van der Waals surface area (Å²) in [6.45, 7) is 1.38. The molecule has 0 saturated carbocycles. The molecule has 10 heteroatoms. The van der Waals surface area contributed by atoms with Crippen LogP contribution in [0.5, 0.6) is 0 Å². The number of benzene rings is 2. The number of hydrogen-bond donors (Lipinski definition) is 1. The number of anilines is 1. The van der Waals surface area contributed by atoms with Crippen molar-refractivity contribution >= 4 is 11.6 Å². The number of hydrogen-bond acceptors (Lipinski definition) is 4. The van der Waals surface area contributed by atoms with Gasteiger partial charge in [0.1, 0.15) is 5.69 Å². The van der Waals surface area contributed by atoms with Gasteiger partial charge in [0.2, 0.25) is 0 Å². The number of fused-ring (bicyclic) bond motifs is 2. The third kappa shape index (κ3) is 3.61. The predicted octanol–water partition coefficient (Wildman–Crippen LogP) is 3.85. The van der Waals surface area contributed by atoms with Crippen molar-refractivity contribution in [2.24, 2.45) is 0 Å². The van der Waals surface area contributed by atoms with E-state index in [1.165, 1.54) is 15.5 Å². The van der Waals surface area contributed by atoms with Crippen LogP contribution >= 0.6 is 0 Å². The van der Waals surface area contributed by atoms with Crippen molar-refractivity contribution in [3.05, 3.63) is 105 Å². The molecule has 4 aromatic rings. The van der Waals surface area contributed by atoms with Gasteiger partial charge >= 0.3 is 6.18 Å². The predicted molar refractivity (Wildman–Crippen MR) is 127 cm³/mol. The molecule has 2 aromatic carbocycles. The van der Waals surface area contributed by atoms with E-state index in [2.05, 4.69) is 10.4 Å². The van der Waals surface area contributed by atoms with Crippen LogP contribution in [0.4, 0.5) is 18.9 Å². The zero-order chi connectivity index (χ0) is 25.0. The maximum atomic E-state index is 13.9. The first-order valence-corrected chi connectivity index (χ1v) is 11.4. The molecule has 0 fully saturated rings. The second-order valence-corrected chi connectivity index (χ2v) is 8.77. The van der Waals surface area contributed by atoms with Gasteiger partial charge in [-0.1, -0.05) is 12.1 Å². The first kappa shape index (κ1) is 22.3. The Balaban J connectivity index is 1.41. The Bertz CT molecular complexity index is 1550. The Morgan fingerprint density at radius 2 is 1.58 bits per heavy atom. The van der Waals surface area contributed by atoms with E-state index in [0.29, 0.717) is 30.2 Å². The average molecular weight is 491 g/mol. The van der Waals surface area contributed by atoms with Crippen LogP contribution in [-0.2, 0) is 25.7 Å². The molecule has 4 heterocycles. The van der Waals surface area contributed by atoms with E-state index in [1.807, 2.05) is 6.07 Å². The van der Waals surface area contributed by atoms with E-state index in [4.69, 9.17) is 0 Å². The number of nitrogens with zero attached hydrogens (tertiary/aromatic N) is 4. The summed E-state index contributed by atoms with van der Waals surface area (Å²) in [4.78, 5) is 27.2. The molecule has 0 spiro atoms. The van der Waals surface area contributed by atoms with Crippen LogP contribution in [0.3, 0.4) is 0 Å². The number of amides is 1. The number of nitrogens with one attached hydrogen (secondary N) is 1. The SMILES string of the molecule is O=C1c2c(c(C(F)(F)F)nn2-c2ccc3c(c2)CNC3)CCN1c1ccc(-n2ccccc2=O)cc1. The second kappa shape index (κ2) is 8.20. The fourth-order valence-corrected chi connectivity index (χ4v) is 4.87. The Hall–Kier alpha value is -4.18. The van der Waals surface area contributed by atoms with E-state index in [9.17, 15) is 22.8 Å². The van der Waals surface area contributed by atoms with Gasteiger partial charge in [-0.3, -0.25) is 14.2 Å². The van der Waals surface area contributed by atoms with Gasteiger partial charge < -0.3 is 10.2 Å². The normalized spacial score (nSPS) is 15.2. The molecule has 2 aliphatic heterocycles. The molecule has 2 aromatic heterocycles. The van der Waals surface area contributed by atoms with E-state index in [-0.39, 0.29) is 29.8 Å². The number of pyridine rings is 1. The summed E-state index contributed by atoms with van der Waals surface area (Å²) in [7, 11) is 0. The number of carbonyl (C=O) groups excluding carboxylic acids is 1. The van der Waals surface area contributed by atoms with Crippen LogP contribution in [0.15, 0.2) is 71.7 Å². The van der Waals surface area contributed by atoms with Gasteiger partial charge in [0.15, 0.2) is 5.69 Å². The molecule has 1 amide bonds. The summed E-state index contributed by atoms with van der Waals surface area (Å²) in [5.41, 5.74) is 2.21. The molecule has 0 unspecified atom stereocenters.